The van der Waals surface area contributed by atoms with Gasteiger partial charge in [-0.1, -0.05) is 12.1 Å². The number of amides is 1. The highest BCUT2D eigenvalue weighted by Crippen LogP contribution is 2.61. The van der Waals surface area contributed by atoms with Crippen molar-refractivity contribution in [2.75, 3.05) is 11.9 Å². The molecule has 2 atom stereocenters. The highest BCUT2D eigenvalue weighted by Gasteiger charge is 2.61. The van der Waals surface area contributed by atoms with Crippen molar-refractivity contribution in [1.29, 1.82) is 5.26 Å². The lowest BCUT2D eigenvalue weighted by Crippen LogP contribution is -2.27. The fourth-order valence-corrected chi connectivity index (χ4v) is 5.17. The summed E-state index contributed by atoms with van der Waals surface area (Å²) in [5.41, 5.74) is 3.10. The van der Waals surface area contributed by atoms with Gasteiger partial charge >= 0.3 is 5.97 Å². The van der Waals surface area contributed by atoms with Crippen LogP contribution in [0.25, 0.3) is 11.5 Å². The lowest BCUT2D eigenvalue weighted by Gasteiger charge is -2.27. The maximum absolute atomic E-state index is 13.4. The molecular weight excluding hydrogens is 472 g/mol. The first kappa shape index (κ1) is 23.0. The van der Waals surface area contributed by atoms with Crippen LogP contribution in [0, 0.1) is 17.2 Å². The van der Waals surface area contributed by atoms with E-state index in [1.165, 1.54) is 6.08 Å². The first-order valence-corrected chi connectivity index (χ1v) is 12.3. The van der Waals surface area contributed by atoms with Crippen LogP contribution < -0.4 is 10.1 Å². The second kappa shape index (κ2) is 8.89. The lowest BCUT2D eigenvalue weighted by atomic mass is 9.86. The van der Waals surface area contributed by atoms with Crippen LogP contribution in [0.2, 0.25) is 0 Å². The number of carboxylic acids is 1. The van der Waals surface area contributed by atoms with Gasteiger partial charge in [-0.05, 0) is 68.0 Å². The van der Waals surface area contributed by atoms with E-state index in [2.05, 4.69) is 21.6 Å². The Morgan fingerprint density at radius 2 is 2.08 bits per heavy atom. The second-order valence-corrected chi connectivity index (χ2v) is 9.86. The van der Waals surface area contributed by atoms with Gasteiger partial charge in [0.2, 0.25) is 17.7 Å². The van der Waals surface area contributed by atoms with Crippen molar-refractivity contribution >= 4 is 17.6 Å². The van der Waals surface area contributed by atoms with E-state index in [0.29, 0.717) is 54.8 Å². The monoisotopic (exact) mass is 496 g/mol. The van der Waals surface area contributed by atoms with Gasteiger partial charge in [-0.25, -0.2) is 4.79 Å². The summed E-state index contributed by atoms with van der Waals surface area (Å²) < 4.78 is 11.8. The molecule has 186 valence electrons. The third-order valence-corrected chi connectivity index (χ3v) is 7.42. The number of anilines is 1. The molecule has 3 aromatic rings. The standard InChI is InChI=1S/C28H24N4O5/c29-15-16-4-5-17(2-1-3-24(33)34)22(12-16)30-25(35)21-14-28(21)10-11-36-23-9-8-19(13-20(23)28)27-32-31-26(37-27)18-6-7-18/h1,3-5,8-9,12-13,18,21H,2,6-7,10-11,14H2,(H,30,35)(H,33,34)/t21-,28-/m0/s1. The summed E-state index contributed by atoms with van der Waals surface area (Å²) in [5, 5.41) is 29.6. The summed E-state index contributed by atoms with van der Waals surface area (Å²) in [6.07, 6.45) is 6.44. The molecule has 2 N–H and O–H groups in total. The van der Waals surface area contributed by atoms with Crippen molar-refractivity contribution in [3.05, 3.63) is 71.1 Å². The number of rotatable bonds is 7. The van der Waals surface area contributed by atoms with Gasteiger partial charge in [-0.15, -0.1) is 10.2 Å². The van der Waals surface area contributed by atoms with E-state index in [1.807, 2.05) is 18.2 Å². The van der Waals surface area contributed by atoms with Crippen LogP contribution in [0.5, 0.6) is 5.75 Å². The van der Waals surface area contributed by atoms with E-state index in [9.17, 15) is 14.9 Å². The number of benzene rings is 2. The zero-order valence-corrected chi connectivity index (χ0v) is 19.9. The highest BCUT2D eigenvalue weighted by molar-refractivity contribution is 5.97. The molecule has 2 fully saturated rings. The molecule has 1 spiro atoms. The third kappa shape index (κ3) is 4.35. The first-order valence-electron chi connectivity index (χ1n) is 12.3. The van der Waals surface area contributed by atoms with Gasteiger partial charge in [0.25, 0.3) is 0 Å². The Labute approximate surface area is 212 Å². The van der Waals surface area contributed by atoms with Gasteiger partial charge in [0.15, 0.2) is 0 Å². The minimum atomic E-state index is -1.04. The quantitative estimate of drug-likeness (QED) is 0.461. The fourth-order valence-electron chi connectivity index (χ4n) is 5.17. The Morgan fingerprint density at radius 1 is 1.22 bits per heavy atom. The van der Waals surface area contributed by atoms with E-state index >= 15 is 0 Å². The Kier molecular flexibility index (Phi) is 5.52. The fraction of sp³-hybridized carbons (Fsp3) is 0.321. The molecule has 1 aromatic heterocycles. The first-order chi connectivity index (χ1) is 18.0. The molecule has 9 nitrogen and oxygen atoms in total. The van der Waals surface area contributed by atoms with Gasteiger partial charge < -0.3 is 19.6 Å². The molecule has 3 aliphatic rings. The van der Waals surface area contributed by atoms with Gasteiger partial charge in [0.05, 0.1) is 18.2 Å². The maximum atomic E-state index is 13.4. The van der Waals surface area contributed by atoms with Crippen molar-refractivity contribution in [3.8, 4) is 23.3 Å². The number of hydrogen-bond acceptors (Lipinski definition) is 7. The van der Waals surface area contributed by atoms with Crippen molar-refractivity contribution in [2.45, 2.75) is 43.4 Å². The molecule has 2 saturated carbocycles. The Bertz CT molecular complexity index is 1480. The number of ether oxygens (including phenoxy) is 1. The molecule has 0 saturated heterocycles. The van der Waals surface area contributed by atoms with Crippen molar-refractivity contribution in [2.24, 2.45) is 5.92 Å². The Morgan fingerprint density at radius 3 is 2.86 bits per heavy atom. The van der Waals surface area contributed by atoms with Crippen LogP contribution in [-0.4, -0.2) is 33.8 Å². The molecule has 2 aliphatic carbocycles. The summed E-state index contributed by atoms with van der Waals surface area (Å²) in [6.45, 7) is 0.525. The highest BCUT2D eigenvalue weighted by atomic mass is 16.5. The van der Waals surface area contributed by atoms with Crippen molar-refractivity contribution < 1.29 is 23.8 Å². The number of nitriles is 1. The van der Waals surface area contributed by atoms with E-state index < -0.39 is 5.97 Å². The zero-order valence-electron chi connectivity index (χ0n) is 19.9. The third-order valence-electron chi connectivity index (χ3n) is 7.42. The van der Waals surface area contributed by atoms with Crippen LogP contribution in [0.3, 0.4) is 0 Å². The number of allylic oxidation sites excluding steroid dienone is 1. The SMILES string of the molecule is N#Cc1ccc(CC=CC(=O)O)c(NC(=O)[C@@H]2C[C@]23CCOc2ccc(-c4nnc(C5CC5)o4)cc23)c1. The molecule has 1 aliphatic heterocycles. The van der Waals surface area contributed by atoms with Crippen LogP contribution >= 0.6 is 0 Å². The predicted molar refractivity (Wildman–Crippen MR) is 132 cm³/mol. The minimum Gasteiger partial charge on any atom is -0.493 e. The number of nitrogens with one attached hydrogen (secondary N) is 1. The van der Waals surface area contributed by atoms with E-state index in [-0.39, 0.29) is 17.2 Å². The number of aliphatic carboxylic acids is 1. The molecule has 0 radical (unpaired) electrons. The van der Waals surface area contributed by atoms with E-state index in [1.54, 1.807) is 18.2 Å². The largest absolute Gasteiger partial charge is 0.493 e. The molecule has 1 amide bonds. The van der Waals surface area contributed by atoms with E-state index in [4.69, 9.17) is 14.3 Å². The normalized spacial score (nSPS) is 21.8. The van der Waals surface area contributed by atoms with Crippen LogP contribution in [0.4, 0.5) is 5.69 Å². The Hall–Kier alpha value is -4.45. The number of carbonyl (C=O) groups is 2. The van der Waals surface area contributed by atoms with Crippen LogP contribution in [0.15, 0.2) is 53.0 Å². The molecular formula is C28H24N4O5. The number of hydrogen-bond donors (Lipinski definition) is 2. The summed E-state index contributed by atoms with van der Waals surface area (Å²) >= 11 is 0. The molecule has 0 unspecified atom stereocenters. The molecule has 6 rings (SSSR count). The van der Waals surface area contributed by atoms with Gasteiger partial charge in [-0.2, -0.15) is 5.26 Å². The lowest BCUT2D eigenvalue weighted by molar-refractivity contribution is -0.131. The number of nitrogens with zero attached hydrogens (tertiary/aromatic N) is 3. The summed E-state index contributed by atoms with van der Waals surface area (Å²) in [5.74, 6) is 0.845. The molecule has 37 heavy (non-hydrogen) atoms. The predicted octanol–water partition coefficient (Wildman–Crippen LogP) is 4.35. The molecule has 0 bridgehead atoms. The van der Waals surface area contributed by atoms with Gasteiger partial charge in [0.1, 0.15) is 5.75 Å². The minimum absolute atomic E-state index is 0.134. The van der Waals surface area contributed by atoms with Gasteiger partial charge in [0, 0.05) is 40.1 Å². The van der Waals surface area contributed by atoms with Crippen molar-refractivity contribution in [1.82, 2.24) is 10.2 Å². The summed E-state index contributed by atoms with van der Waals surface area (Å²) in [6, 6.07) is 12.9. The molecule has 2 aromatic carbocycles. The topological polar surface area (TPSA) is 138 Å². The van der Waals surface area contributed by atoms with Crippen LogP contribution in [0.1, 0.15) is 54.2 Å². The summed E-state index contributed by atoms with van der Waals surface area (Å²) in [7, 11) is 0. The van der Waals surface area contributed by atoms with E-state index in [0.717, 1.165) is 41.4 Å². The second-order valence-electron chi connectivity index (χ2n) is 9.86. The number of fused-ring (bicyclic) bond motifs is 2. The molecule has 2 heterocycles. The number of carboxylic acid groups (broad SMARTS) is 1. The van der Waals surface area contributed by atoms with Crippen LogP contribution in [-0.2, 0) is 21.4 Å². The number of aromatic nitrogens is 2. The van der Waals surface area contributed by atoms with Crippen molar-refractivity contribution in [3.63, 3.8) is 0 Å². The summed E-state index contributed by atoms with van der Waals surface area (Å²) in [4.78, 5) is 24.3. The smallest absolute Gasteiger partial charge is 0.327 e. The zero-order chi connectivity index (χ0) is 25.6. The molecule has 9 heteroatoms. The average molecular weight is 497 g/mol. The van der Waals surface area contributed by atoms with Gasteiger partial charge in [-0.3, -0.25) is 4.79 Å². The average Bonchev–Trinajstić information content (AvgIpc) is 3.82. The number of carbonyl (C=O) groups excluding carboxylic acids is 1. The maximum Gasteiger partial charge on any atom is 0.327 e. The Balaban J connectivity index is 1.25.